The van der Waals surface area contributed by atoms with Gasteiger partial charge in [-0.2, -0.15) is 0 Å². The zero-order valence-electron chi connectivity index (χ0n) is 16.7. The van der Waals surface area contributed by atoms with Crippen LogP contribution in [0.2, 0.25) is 0 Å². The molecule has 0 bridgehead atoms. The van der Waals surface area contributed by atoms with E-state index in [0.29, 0.717) is 31.6 Å². The topological polar surface area (TPSA) is 40.6 Å². The third-order valence-corrected chi connectivity index (χ3v) is 5.54. The predicted molar refractivity (Wildman–Crippen MR) is 107 cm³/mol. The molecule has 1 heterocycles. The molecule has 4 nitrogen and oxygen atoms in total. The van der Waals surface area contributed by atoms with Gasteiger partial charge in [0.05, 0.1) is 5.92 Å². The van der Waals surface area contributed by atoms with Gasteiger partial charge in [0.2, 0.25) is 11.8 Å². The summed E-state index contributed by atoms with van der Waals surface area (Å²) < 4.78 is 13.7. The van der Waals surface area contributed by atoms with Gasteiger partial charge in [-0.05, 0) is 36.1 Å². The van der Waals surface area contributed by atoms with Crippen LogP contribution in [0.5, 0.6) is 0 Å². The van der Waals surface area contributed by atoms with Gasteiger partial charge in [0.25, 0.3) is 0 Å². The molecule has 2 amide bonds. The Morgan fingerprint density at radius 1 is 1.14 bits per heavy atom. The Morgan fingerprint density at radius 3 is 2.50 bits per heavy atom. The van der Waals surface area contributed by atoms with Crippen LogP contribution in [0, 0.1) is 18.7 Å². The molecular formula is C23H27FN2O2. The van der Waals surface area contributed by atoms with E-state index in [4.69, 9.17) is 0 Å². The molecule has 2 atom stereocenters. The number of carbonyl (C=O) groups is 2. The van der Waals surface area contributed by atoms with E-state index in [0.717, 1.165) is 11.1 Å². The molecule has 1 fully saturated rings. The third kappa shape index (κ3) is 4.58. The van der Waals surface area contributed by atoms with Crippen LogP contribution in [0.1, 0.15) is 36.0 Å². The summed E-state index contributed by atoms with van der Waals surface area (Å²) in [5.74, 6) is -0.471. The molecule has 1 saturated heterocycles. The number of likely N-dealkylation sites (tertiary alicyclic amines) is 1. The van der Waals surface area contributed by atoms with E-state index >= 15 is 0 Å². The second-order valence-corrected chi connectivity index (χ2v) is 7.74. The van der Waals surface area contributed by atoms with Gasteiger partial charge < -0.3 is 9.80 Å². The fraction of sp³-hybridized carbons (Fsp3) is 0.391. The Bertz CT molecular complexity index is 853. The molecular weight excluding hydrogens is 355 g/mol. The predicted octanol–water partition coefficient (Wildman–Crippen LogP) is 3.74. The molecule has 0 N–H and O–H groups in total. The average molecular weight is 382 g/mol. The van der Waals surface area contributed by atoms with Gasteiger partial charge in [-0.25, -0.2) is 4.39 Å². The zero-order valence-corrected chi connectivity index (χ0v) is 16.7. The summed E-state index contributed by atoms with van der Waals surface area (Å²) in [4.78, 5) is 28.6. The summed E-state index contributed by atoms with van der Waals surface area (Å²) in [6.45, 7) is 4.81. The quantitative estimate of drug-likeness (QED) is 0.808. The smallest absolute Gasteiger partial charge is 0.227 e. The van der Waals surface area contributed by atoms with Gasteiger partial charge >= 0.3 is 0 Å². The van der Waals surface area contributed by atoms with Crippen molar-refractivity contribution in [2.45, 2.75) is 32.7 Å². The number of aryl methyl sites for hydroxylation is 1. The highest BCUT2D eigenvalue weighted by molar-refractivity contribution is 5.81. The van der Waals surface area contributed by atoms with Crippen molar-refractivity contribution in [3.05, 3.63) is 71.0 Å². The minimum absolute atomic E-state index is 0.0241. The molecule has 2 aromatic rings. The summed E-state index contributed by atoms with van der Waals surface area (Å²) in [5, 5.41) is 0. The second kappa shape index (κ2) is 8.55. The molecule has 2 unspecified atom stereocenters. The largest absolute Gasteiger partial charge is 0.342 e. The molecule has 0 spiro atoms. The first kappa shape index (κ1) is 20.1. The summed E-state index contributed by atoms with van der Waals surface area (Å²) in [6, 6.07) is 14.9. The summed E-state index contributed by atoms with van der Waals surface area (Å²) >= 11 is 0. The van der Waals surface area contributed by atoms with Crippen molar-refractivity contribution in [1.82, 2.24) is 9.80 Å². The van der Waals surface area contributed by atoms with E-state index < -0.39 is 0 Å². The van der Waals surface area contributed by atoms with Crippen molar-refractivity contribution in [2.75, 3.05) is 20.1 Å². The van der Waals surface area contributed by atoms with Crippen LogP contribution in [-0.2, 0) is 16.1 Å². The number of halogens is 1. The van der Waals surface area contributed by atoms with Gasteiger partial charge in [-0.1, -0.05) is 42.5 Å². The Hall–Kier alpha value is -2.69. The molecule has 148 valence electrons. The molecule has 3 rings (SSSR count). The Kier molecular flexibility index (Phi) is 6.12. The molecule has 1 aliphatic rings. The lowest BCUT2D eigenvalue weighted by Crippen LogP contribution is -2.47. The Labute approximate surface area is 166 Å². The maximum atomic E-state index is 13.7. The van der Waals surface area contributed by atoms with Crippen molar-refractivity contribution in [1.29, 1.82) is 0 Å². The molecule has 0 aromatic heterocycles. The molecule has 5 heteroatoms. The fourth-order valence-electron chi connectivity index (χ4n) is 3.95. The van der Waals surface area contributed by atoms with Crippen molar-refractivity contribution >= 4 is 11.8 Å². The van der Waals surface area contributed by atoms with Gasteiger partial charge in [-0.3, -0.25) is 9.59 Å². The van der Waals surface area contributed by atoms with Crippen molar-refractivity contribution < 1.29 is 14.0 Å². The van der Waals surface area contributed by atoms with Gasteiger partial charge in [0.15, 0.2) is 0 Å². The normalized spacial score (nSPS) is 19.4. The number of amides is 2. The van der Waals surface area contributed by atoms with E-state index in [9.17, 15) is 14.0 Å². The number of piperidine rings is 1. The van der Waals surface area contributed by atoms with E-state index in [1.807, 2.05) is 36.4 Å². The standard InChI is InChI=1S/C23H27FN2O2/c1-16-11-19(9-10-22(16)24)20-12-21(15-26(14-20)17(2)27)23(28)25(3)13-18-7-5-4-6-8-18/h4-11,20-21H,12-15H2,1-3H3. The van der Waals surface area contributed by atoms with E-state index in [1.165, 1.54) is 13.0 Å². The first-order valence-electron chi connectivity index (χ1n) is 9.65. The highest BCUT2D eigenvalue weighted by atomic mass is 19.1. The van der Waals surface area contributed by atoms with Gasteiger partial charge in [0.1, 0.15) is 5.82 Å². The number of carbonyl (C=O) groups excluding carboxylic acids is 2. The highest BCUT2D eigenvalue weighted by Crippen LogP contribution is 2.32. The maximum absolute atomic E-state index is 13.7. The van der Waals surface area contributed by atoms with Crippen LogP contribution < -0.4 is 0 Å². The highest BCUT2D eigenvalue weighted by Gasteiger charge is 2.35. The van der Waals surface area contributed by atoms with Crippen molar-refractivity contribution in [2.24, 2.45) is 5.92 Å². The molecule has 0 radical (unpaired) electrons. The first-order chi connectivity index (χ1) is 13.3. The number of hydrogen-bond donors (Lipinski definition) is 0. The average Bonchev–Trinajstić information content (AvgIpc) is 2.69. The summed E-state index contributed by atoms with van der Waals surface area (Å²) in [5.41, 5.74) is 2.64. The van der Waals surface area contributed by atoms with Crippen LogP contribution in [0.3, 0.4) is 0 Å². The first-order valence-corrected chi connectivity index (χ1v) is 9.65. The lowest BCUT2D eigenvalue weighted by atomic mass is 9.83. The van der Waals surface area contributed by atoms with Gasteiger partial charge in [-0.15, -0.1) is 0 Å². The van der Waals surface area contributed by atoms with E-state index in [1.54, 1.807) is 29.8 Å². The van der Waals surface area contributed by atoms with Crippen LogP contribution in [-0.4, -0.2) is 41.8 Å². The summed E-state index contributed by atoms with van der Waals surface area (Å²) in [6.07, 6.45) is 0.660. The number of hydrogen-bond acceptors (Lipinski definition) is 2. The minimum atomic E-state index is -0.262. The third-order valence-electron chi connectivity index (χ3n) is 5.54. The Balaban J connectivity index is 1.78. The van der Waals surface area contributed by atoms with Crippen LogP contribution in [0.25, 0.3) is 0 Å². The van der Waals surface area contributed by atoms with E-state index in [-0.39, 0.29) is 29.5 Å². The molecule has 28 heavy (non-hydrogen) atoms. The van der Waals surface area contributed by atoms with Crippen LogP contribution in [0.4, 0.5) is 4.39 Å². The van der Waals surface area contributed by atoms with Crippen LogP contribution >= 0.6 is 0 Å². The second-order valence-electron chi connectivity index (χ2n) is 7.74. The molecule has 2 aromatic carbocycles. The van der Waals surface area contributed by atoms with E-state index in [2.05, 4.69) is 0 Å². The monoisotopic (exact) mass is 382 g/mol. The zero-order chi connectivity index (χ0) is 20.3. The molecule has 0 saturated carbocycles. The maximum Gasteiger partial charge on any atom is 0.227 e. The lowest BCUT2D eigenvalue weighted by Gasteiger charge is -2.38. The Morgan fingerprint density at radius 2 is 1.86 bits per heavy atom. The number of nitrogens with zero attached hydrogens (tertiary/aromatic N) is 2. The minimum Gasteiger partial charge on any atom is -0.342 e. The summed E-state index contributed by atoms with van der Waals surface area (Å²) in [7, 11) is 1.80. The fourth-order valence-corrected chi connectivity index (χ4v) is 3.95. The number of rotatable bonds is 4. The SMILES string of the molecule is CC(=O)N1CC(C(=O)N(C)Cc2ccccc2)CC(c2ccc(F)c(C)c2)C1. The number of benzene rings is 2. The van der Waals surface area contributed by atoms with Crippen LogP contribution in [0.15, 0.2) is 48.5 Å². The van der Waals surface area contributed by atoms with Gasteiger partial charge in [0, 0.05) is 39.5 Å². The molecule has 0 aliphatic carbocycles. The molecule has 1 aliphatic heterocycles. The lowest BCUT2D eigenvalue weighted by molar-refractivity contribution is -0.140. The van der Waals surface area contributed by atoms with Crippen molar-refractivity contribution in [3.63, 3.8) is 0 Å². The van der Waals surface area contributed by atoms with Crippen molar-refractivity contribution in [3.8, 4) is 0 Å².